The van der Waals surface area contributed by atoms with Crippen molar-refractivity contribution in [2.24, 2.45) is 0 Å². The molecule has 2 nitrogen and oxygen atoms in total. The molecule has 10 heavy (non-hydrogen) atoms. The zero-order chi connectivity index (χ0) is 7.14. The molecule has 2 rings (SSSR count). The second-order valence-corrected chi connectivity index (χ2v) is 4.00. The van der Waals surface area contributed by atoms with Crippen LogP contribution in [0.4, 0.5) is 0 Å². The molecule has 0 aromatic heterocycles. The Hall–Kier alpha value is -0.150. The molecule has 2 aliphatic rings. The van der Waals surface area contributed by atoms with Crippen molar-refractivity contribution >= 4 is 29.3 Å². The lowest BCUT2D eigenvalue weighted by Gasteiger charge is -2.40. The lowest BCUT2D eigenvalue weighted by molar-refractivity contribution is -0.137. The van der Waals surface area contributed by atoms with Gasteiger partial charge in [0.15, 0.2) is 0 Å². The molecule has 0 spiro atoms. The van der Waals surface area contributed by atoms with Crippen LogP contribution in [0.3, 0.4) is 0 Å². The molecule has 0 N–H and O–H groups in total. The molecule has 0 radical (unpaired) electrons. The van der Waals surface area contributed by atoms with Gasteiger partial charge >= 0.3 is 0 Å². The second-order valence-electron chi connectivity index (χ2n) is 2.35. The Morgan fingerprint density at radius 2 is 2.60 bits per heavy atom. The maximum Gasteiger partial charge on any atom is 0.230 e. The average molecular weight is 176 g/mol. The molecule has 1 atom stereocenters. The maximum atomic E-state index is 10.8. The summed E-state index contributed by atoms with van der Waals surface area (Å²) in [6.45, 7) is 0. The third-order valence-electron chi connectivity index (χ3n) is 1.64. The smallest absolute Gasteiger partial charge is 0.230 e. The summed E-state index contributed by atoms with van der Waals surface area (Å²) in [5.74, 6) is 1.05. The fourth-order valence-corrected chi connectivity index (χ4v) is 2.38. The van der Waals surface area contributed by atoms with Gasteiger partial charge in [0.1, 0.15) is 0 Å². The van der Waals surface area contributed by atoms with Crippen molar-refractivity contribution in [1.29, 1.82) is 0 Å². The topological polar surface area (TPSA) is 20.3 Å². The monoisotopic (exact) mass is 175 g/mol. The van der Waals surface area contributed by atoms with Crippen LogP contribution in [0.2, 0.25) is 0 Å². The van der Waals surface area contributed by atoms with E-state index >= 15 is 0 Å². The van der Waals surface area contributed by atoms with Crippen LogP contribution in [0.5, 0.6) is 0 Å². The Balaban J connectivity index is 2.18. The van der Waals surface area contributed by atoms with Gasteiger partial charge in [-0.15, -0.1) is 11.8 Å². The predicted octanol–water partition coefficient (Wildman–Crippen LogP) is 1.37. The second kappa shape index (κ2) is 2.17. The van der Waals surface area contributed by atoms with Gasteiger partial charge in [-0.1, -0.05) is 11.6 Å². The summed E-state index contributed by atoms with van der Waals surface area (Å²) < 4.78 is 0. The lowest BCUT2D eigenvalue weighted by atomic mass is 10.2. The molecule has 0 aromatic carbocycles. The van der Waals surface area contributed by atoms with Gasteiger partial charge in [-0.3, -0.25) is 4.79 Å². The molecule has 1 saturated heterocycles. The van der Waals surface area contributed by atoms with Crippen LogP contribution in [0.25, 0.3) is 0 Å². The number of carbonyl (C=O) groups is 1. The van der Waals surface area contributed by atoms with Gasteiger partial charge in [-0.2, -0.15) is 0 Å². The van der Waals surface area contributed by atoms with E-state index in [9.17, 15) is 4.79 Å². The fraction of sp³-hybridized carbons (Fsp3) is 0.500. The third kappa shape index (κ3) is 0.847. The van der Waals surface area contributed by atoms with E-state index in [-0.39, 0.29) is 5.91 Å². The van der Waals surface area contributed by atoms with Gasteiger partial charge in [0.2, 0.25) is 5.91 Å². The number of hydrogen-bond acceptors (Lipinski definition) is 2. The average Bonchev–Trinajstić information content (AvgIpc) is 1.92. The molecule has 0 saturated carbocycles. The van der Waals surface area contributed by atoms with Crippen molar-refractivity contribution in [3.05, 3.63) is 11.2 Å². The number of β-lactam (4-membered cyclic amide) rings is 1. The van der Waals surface area contributed by atoms with Gasteiger partial charge in [0, 0.05) is 17.0 Å². The van der Waals surface area contributed by atoms with Crippen LogP contribution in [0, 0.1) is 0 Å². The van der Waals surface area contributed by atoms with Crippen molar-refractivity contribution in [2.75, 3.05) is 5.75 Å². The molecule has 1 amide bonds. The molecule has 0 unspecified atom stereocenters. The SMILES string of the molecule is O=C1C[C@@H]2SCC(Cl)=CN12. The van der Waals surface area contributed by atoms with Gasteiger partial charge in [-0.05, 0) is 0 Å². The molecule has 54 valence electrons. The summed E-state index contributed by atoms with van der Waals surface area (Å²) in [5, 5.41) is 1.16. The van der Waals surface area contributed by atoms with Gasteiger partial charge in [0.25, 0.3) is 0 Å². The van der Waals surface area contributed by atoms with E-state index in [1.165, 1.54) is 0 Å². The normalized spacial score (nSPS) is 30.9. The van der Waals surface area contributed by atoms with Crippen LogP contribution >= 0.6 is 23.4 Å². The van der Waals surface area contributed by atoms with Crippen molar-refractivity contribution in [3.63, 3.8) is 0 Å². The van der Waals surface area contributed by atoms with Crippen LogP contribution in [0.15, 0.2) is 11.2 Å². The van der Waals surface area contributed by atoms with E-state index in [0.29, 0.717) is 11.8 Å². The predicted molar refractivity (Wildman–Crippen MR) is 41.6 cm³/mol. The van der Waals surface area contributed by atoms with Crippen molar-refractivity contribution < 1.29 is 4.79 Å². The number of rotatable bonds is 0. The maximum absolute atomic E-state index is 10.8. The van der Waals surface area contributed by atoms with Crippen molar-refractivity contribution in [3.8, 4) is 0 Å². The zero-order valence-electron chi connectivity index (χ0n) is 5.21. The van der Waals surface area contributed by atoms with Gasteiger partial charge in [0.05, 0.1) is 11.8 Å². The summed E-state index contributed by atoms with van der Waals surface area (Å²) in [7, 11) is 0. The molecule has 0 bridgehead atoms. The van der Waals surface area contributed by atoms with Crippen LogP contribution < -0.4 is 0 Å². The summed E-state index contributed by atoms with van der Waals surface area (Å²) in [4.78, 5) is 12.5. The van der Waals surface area contributed by atoms with Crippen LogP contribution in [0.1, 0.15) is 6.42 Å². The number of hydrogen-bond donors (Lipinski definition) is 0. The molecule has 2 heterocycles. The fourth-order valence-electron chi connectivity index (χ4n) is 1.06. The Kier molecular flexibility index (Phi) is 1.42. The largest absolute Gasteiger partial charge is 0.305 e. The Morgan fingerprint density at radius 3 is 3.20 bits per heavy atom. The summed E-state index contributed by atoms with van der Waals surface area (Å²) in [6.07, 6.45) is 2.43. The minimum atomic E-state index is 0.190. The minimum Gasteiger partial charge on any atom is -0.305 e. The number of carbonyl (C=O) groups excluding carboxylic acids is 1. The van der Waals surface area contributed by atoms with Gasteiger partial charge < -0.3 is 4.90 Å². The molecular weight excluding hydrogens is 170 g/mol. The molecule has 1 fully saturated rings. The van der Waals surface area contributed by atoms with E-state index in [4.69, 9.17) is 11.6 Å². The number of halogens is 1. The van der Waals surface area contributed by atoms with E-state index in [1.54, 1.807) is 22.9 Å². The first-order valence-electron chi connectivity index (χ1n) is 3.06. The van der Waals surface area contributed by atoms with E-state index in [2.05, 4.69) is 0 Å². The standard InChI is InChI=1S/C6H6ClNOS/c7-4-2-8-5(9)1-6(8)10-3-4/h2,6H,1,3H2/t6-/m0/s1. The molecule has 0 aromatic rings. The highest BCUT2D eigenvalue weighted by molar-refractivity contribution is 8.00. The molecule has 4 heteroatoms. The number of nitrogens with zero attached hydrogens (tertiary/aromatic N) is 1. The van der Waals surface area contributed by atoms with Crippen molar-refractivity contribution in [2.45, 2.75) is 11.8 Å². The Morgan fingerprint density at radius 1 is 1.80 bits per heavy atom. The summed E-state index contributed by atoms with van der Waals surface area (Å²) >= 11 is 7.45. The highest BCUT2D eigenvalue weighted by Gasteiger charge is 2.37. The number of amides is 1. The number of fused-ring (bicyclic) bond motifs is 1. The first-order chi connectivity index (χ1) is 4.77. The van der Waals surface area contributed by atoms with Crippen LogP contribution in [-0.4, -0.2) is 21.9 Å². The highest BCUT2D eigenvalue weighted by Crippen LogP contribution is 2.36. The van der Waals surface area contributed by atoms with Crippen LogP contribution in [-0.2, 0) is 4.79 Å². The quantitative estimate of drug-likeness (QED) is 0.519. The molecular formula is C6H6ClNOS. The van der Waals surface area contributed by atoms with E-state index in [0.717, 1.165) is 10.8 Å². The van der Waals surface area contributed by atoms with E-state index < -0.39 is 0 Å². The minimum absolute atomic E-state index is 0.190. The summed E-state index contributed by atoms with van der Waals surface area (Å²) in [5.41, 5.74) is 0. The molecule has 0 aliphatic carbocycles. The first-order valence-corrected chi connectivity index (χ1v) is 4.49. The first kappa shape index (κ1) is 6.55. The van der Waals surface area contributed by atoms with Gasteiger partial charge in [-0.25, -0.2) is 0 Å². The zero-order valence-corrected chi connectivity index (χ0v) is 6.78. The third-order valence-corrected chi connectivity index (χ3v) is 3.29. The Bertz CT molecular complexity index is 216. The lowest BCUT2D eigenvalue weighted by Crippen LogP contribution is -2.48. The van der Waals surface area contributed by atoms with Crippen molar-refractivity contribution in [1.82, 2.24) is 4.90 Å². The molecule has 2 aliphatic heterocycles. The highest BCUT2D eigenvalue weighted by atomic mass is 35.5. The Labute approximate surface area is 68.2 Å². The number of thioether (sulfide) groups is 1. The van der Waals surface area contributed by atoms with E-state index in [1.807, 2.05) is 0 Å². The summed E-state index contributed by atoms with van der Waals surface area (Å²) in [6, 6.07) is 0.